The largest absolute Gasteiger partial charge is 0.379 e. The summed E-state index contributed by atoms with van der Waals surface area (Å²) in [4.78, 5) is 13.5. The summed E-state index contributed by atoms with van der Waals surface area (Å²) in [5.74, 6) is -0.515. The molecule has 0 unspecified atom stereocenters. The number of nitrogens with zero attached hydrogens (tertiary/aromatic N) is 2. The molecule has 0 saturated carbocycles. The summed E-state index contributed by atoms with van der Waals surface area (Å²) in [7, 11) is -7.50. The molecular weight excluding hydrogens is 474 g/mol. The number of sulfonamides is 2. The van der Waals surface area contributed by atoms with E-state index in [2.05, 4.69) is 5.32 Å². The highest BCUT2D eigenvalue weighted by Crippen LogP contribution is 2.24. The number of hydrogen-bond donors (Lipinski definition) is 1. The Morgan fingerprint density at radius 1 is 1.09 bits per heavy atom. The van der Waals surface area contributed by atoms with E-state index < -0.39 is 32.5 Å². The Bertz CT molecular complexity index is 1160. The summed E-state index contributed by atoms with van der Waals surface area (Å²) in [6, 6.07) is 12.7. The highest BCUT2D eigenvalue weighted by atomic mass is 32.2. The van der Waals surface area contributed by atoms with Crippen molar-refractivity contribution in [3.05, 3.63) is 48.5 Å². The van der Waals surface area contributed by atoms with Crippen LogP contribution in [0.2, 0.25) is 0 Å². The molecule has 3 rings (SSSR count). The van der Waals surface area contributed by atoms with Crippen LogP contribution in [-0.4, -0.2) is 72.4 Å². The first-order valence-corrected chi connectivity index (χ1v) is 14.2. The van der Waals surface area contributed by atoms with E-state index in [9.17, 15) is 21.6 Å². The first-order chi connectivity index (χ1) is 15.1. The lowest BCUT2D eigenvalue weighted by molar-refractivity contribution is -0.114. The molecule has 1 saturated heterocycles. The number of nitrogens with one attached hydrogen (secondary N) is 1. The van der Waals surface area contributed by atoms with Gasteiger partial charge in [0.15, 0.2) is 0 Å². The second kappa shape index (κ2) is 10.2. The predicted molar refractivity (Wildman–Crippen MR) is 125 cm³/mol. The van der Waals surface area contributed by atoms with Crippen LogP contribution in [0.25, 0.3) is 0 Å². The van der Waals surface area contributed by atoms with Crippen LogP contribution in [0.4, 0.5) is 11.4 Å². The Morgan fingerprint density at radius 3 is 2.34 bits per heavy atom. The Labute approximate surface area is 192 Å². The zero-order valence-corrected chi connectivity index (χ0v) is 20.2. The molecule has 2 aromatic rings. The normalized spacial score (nSPS) is 15.3. The lowest BCUT2D eigenvalue weighted by Gasteiger charge is -2.26. The summed E-state index contributed by atoms with van der Waals surface area (Å²) in [6.07, 6.45) is 2.91. The molecule has 12 heteroatoms. The minimum atomic E-state index is -3.79. The van der Waals surface area contributed by atoms with Gasteiger partial charge in [0.25, 0.3) is 0 Å². The maximum absolute atomic E-state index is 12.8. The maximum Gasteiger partial charge on any atom is 0.245 e. The van der Waals surface area contributed by atoms with Crippen LogP contribution < -0.4 is 9.62 Å². The number of benzene rings is 2. The summed E-state index contributed by atoms with van der Waals surface area (Å²) in [5.41, 5.74) is 0.753. The Balaban J connectivity index is 1.78. The number of carbonyl (C=O) groups excluding carboxylic acids is 1. The lowest BCUT2D eigenvalue weighted by atomic mass is 10.3. The average Bonchev–Trinajstić information content (AvgIpc) is 2.77. The minimum absolute atomic E-state index is 0.0509. The molecule has 174 valence electrons. The molecular formula is C20H25N3O6S3. The number of carbonyl (C=O) groups is 1. The molecule has 0 spiro atoms. The molecule has 0 atom stereocenters. The van der Waals surface area contributed by atoms with Crippen molar-refractivity contribution >= 4 is 49.1 Å². The van der Waals surface area contributed by atoms with Gasteiger partial charge in [-0.25, -0.2) is 16.8 Å². The number of anilines is 2. The van der Waals surface area contributed by atoms with Gasteiger partial charge in [-0.15, -0.1) is 11.8 Å². The van der Waals surface area contributed by atoms with Gasteiger partial charge >= 0.3 is 0 Å². The zero-order valence-electron chi connectivity index (χ0n) is 17.7. The third-order valence-electron chi connectivity index (χ3n) is 4.77. The molecule has 0 aliphatic carbocycles. The van der Waals surface area contributed by atoms with Crippen LogP contribution in [0, 0.1) is 0 Å². The van der Waals surface area contributed by atoms with E-state index in [-0.39, 0.29) is 23.7 Å². The monoisotopic (exact) mass is 499 g/mol. The molecule has 1 fully saturated rings. The second-order valence-corrected chi connectivity index (χ2v) is 11.8. The molecule has 1 amide bonds. The number of morpholine rings is 1. The highest BCUT2D eigenvalue weighted by molar-refractivity contribution is 7.98. The van der Waals surface area contributed by atoms with Gasteiger partial charge in [0.1, 0.15) is 6.54 Å². The summed E-state index contributed by atoms with van der Waals surface area (Å²) < 4.78 is 57.7. The highest BCUT2D eigenvalue weighted by Gasteiger charge is 2.27. The van der Waals surface area contributed by atoms with Crippen molar-refractivity contribution in [1.82, 2.24) is 4.31 Å². The second-order valence-electron chi connectivity index (χ2n) is 7.06. The van der Waals surface area contributed by atoms with Crippen molar-refractivity contribution in [2.24, 2.45) is 0 Å². The first kappa shape index (κ1) is 24.5. The molecule has 1 N–H and O–H groups in total. The van der Waals surface area contributed by atoms with E-state index in [0.717, 1.165) is 15.5 Å². The molecule has 0 bridgehead atoms. The Kier molecular flexibility index (Phi) is 7.83. The fraction of sp³-hybridized carbons (Fsp3) is 0.350. The summed E-state index contributed by atoms with van der Waals surface area (Å²) >= 11 is 1.52. The number of rotatable bonds is 8. The zero-order chi connectivity index (χ0) is 23.4. The van der Waals surface area contributed by atoms with E-state index in [1.54, 1.807) is 18.2 Å². The number of ether oxygens (including phenoxy) is 1. The SMILES string of the molecule is CSc1cccc(NC(=O)CN(c2ccc(S(=O)(=O)N3CCOCC3)cc2)S(C)(=O)=O)c1. The third kappa shape index (κ3) is 6.01. The van der Waals surface area contributed by atoms with Crippen molar-refractivity contribution in [3.63, 3.8) is 0 Å². The number of hydrogen-bond acceptors (Lipinski definition) is 7. The lowest BCUT2D eigenvalue weighted by Crippen LogP contribution is -2.40. The topological polar surface area (TPSA) is 113 Å². The van der Waals surface area contributed by atoms with Gasteiger partial charge in [0.2, 0.25) is 26.0 Å². The van der Waals surface area contributed by atoms with Crippen molar-refractivity contribution in [2.75, 3.05) is 55.0 Å². The van der Waals surface area contributed by atoms with Crippen LogP contribution in [0.3, 0.4) is 0 Å². The smallest absolute Gasteiger partial charge is 0.245 e. The molecule has 1 aliphatic heterocycles. The fourth-order valence-electron chi connectivity index (χ4n) is 3.15. The van der Waals surface area contributed by atoms with Gasteiger partial charge in [0, 0.05) is 23.7 Å². The maximum atomic E-state index is 12.8. The molecule has 0 aromatic heterocycles. The van der Waals surface area contributed by atoms with Gasteiger partial charge in [-0.1, -0.05) is 6.07 Å². The van der Waals surface area contributed by atoms with E-state index >= 15 is 0 Å². The van der Waals surface area contributed by atoms with Crippen LogP contribution in [0.15, 0.2) is 58.3 Å². The molecule has 1 heterocycles. The van der Waals surface area contributed by atoms with Gasteiger partial charge < -0.3 is 10.1 Å². The van der Waals surface area contributed by atoms with Crippen molar-refractivity contribution in [1.29, 1.82) is 0 Å². The van der Waals surface area contributed by atoms with E-state index in [0.29, 0.717) is 18.9 Å². The Morgan fingerprint density at radius 2 is 1.75 bits per heavy atom. The standard InChI is InChI=1S/C20H25N3O6S3/c1-30-18-5-3-4-16(14-18)21-20(24)15-23(31(2,25)26)17-6-8-19(9-7-17)32(27,28)22-10-12-29-13-11-22/h3-9,14H,10-13,15H2,1-2H3,(H,21,24). The summed E-state index contributed by atoms with van der Waals surface area (Å²) in [5, 5.41) is 2.69. The molecule has 2 aromatic carbocycles. The van der Waals surface area contributed by atoms with Crippen molar-refractivity contribution < 1.29 is 26.4 Å². The van der Waals surface area contributed by atoms with Gasteiger partial charge in [-0.3, -0.25) is 9.10 Å². The van der Waals surface area contributed by atoms with E-state index in [1.807, 2.05) is 12.3 Å². The molecule has 32 heavy (non-hydrogen) atoms. The molecule has 1 aliphatic rings. The van der Waals surface area contributed by atoms with Crippen LogP contribution in [0.5, 0.6) is 0 Å². The minimum Gasteiger partial charge on any atom is -0.379 e. The number of amides is 1. The molecule has 0 radical (unpaired) electrons. The average molecular weight is 500 g/mol. The predicted octanol–water partition coefficient (Wildman–Crippen LogP) is 1.83. The van der Waals surface area contributed by atoms with Crippen LogP contribution in [0.1, 0.15) is 0 Å². The summed E-state index contributed by atoms with van der Waals surface area (Å²) in [6.45, 7) is 0.731. The van der Waals surface area contributed by atoms with Gasteiger partial charge in [0.05, 0.1) is 30.1 Å². The van der Waals surface area contributed by atoms with Gasteiger partial charge in [-0.2, -0.15) is 4.31 Å². The number of thioether (sulfide) groups is 1. The third-order valence-corrected chi connectivity index (χ3v) is 8.55. The van der Waals surface area contributed by atoms with Crippen LogP contribution in [-0.2, 0) is 29.6 Å². The van der Waals surface area contributed by atoms with Crippen molar-refractivity contribution in [2.45, 2.75) is 9.79 Å². The first-order valence-electron chi connectivity index (χ1n) is 9.71. The van der Waals surface area contributed by atoms with Crippen LogP contribution >= 0.6 is 11.8 Å². The molecule has 9 nitrogen and oxygen atoms in total. The van der Waals surface area contributed by atoms with Crippen molar-refractivity contribution in [3.8, 4) is 0 Å². The Hall–Kier alpha value is -2.12. The van der Waals surface area contributed by atoms with E-state index in [4.69, 9.17) is 4.74 Å². The van der Waals surface area contributed by atoms with Gasteiger partial charge in [-0.05, 0) is 48.7 Å². The fourth-order valence-corrected chi connectivity index (χ4v) is 5.88. The quantitative estimate of drug-likeness (QED) is 0.552. The van der Waals surface area contributed by atoms with E-state index in [1.165, 1.54) is 40.3 Å².